The Kier molecular flexibility index (Phi) is 10.0. The Morgan fingerprint density at radius 3 is 2.38 bits per heavy atom. The molecule has 1 aliphatic rings. The fourth-order valence-electron chi connectivity index (χ4n) is 4.98. The van der Waals surface area contributed by atoms with Crippen molar-refractivity contribution in [2.45, 2.75) is 63.9 Å². The van der Waals surface area contributed by atoms with Gasteiger partial charge in [-0.1, -0.05) is 74.5 Å². The number of aryl methyl sites for hydroxylation is 1. The molecule has 0 N–H and O–H groups in total. The summed E-state index contributed by atoms with van der Waals surface area (Å²) in [6.45, 7) is 11.6. The Bertz CT molecular complexity index is 1370. The molecule has 40 heavy (non-hydrogen) atoms. The lowest BCUT2D eigenvalue weighted by atomic mass is 9.86. The minimum absolute atomic E-state index is 0.0157. The first-order valence-electron chi connectivity index (χ1n) is 14.1. The quantitative estimate of drug-likeness (QED) is 0.170. The Hall–Kier alpha value is -2.77. The lowest BCUT2D eigenvalue weighted by Gasteiger charge is -2.36. The van der Waals surface area contributed by atoms with Crippen molar-refractivity contribution in [3.8, 4) is 0 Å². The lowest BCUT2D eigenvalue weighted by molar-refractivity contribution is -0.131. The summed E-state index contributed by atoms with van der Waals surface area (Å²) in [6, 6.07) is 16.4. The van der Waals surface area contributed by atoms with Gasteiger partial charge < -0.3 is 9.80 Å². The molecule has 1 aliphatic heterocycles. The van der Waals surface area contributed by atoms with Crippen molar-refractivity contribution in [2.24, 2.45) is 7.05 Å². The van der Waals surface area contributed by atoms with Crippen LogP contribution in [0.1, 0.15) is 62.4 Å². The molecule has 1 aromatic heterocycles. The van der Waals surface area contributed by atoms with Crippen LogP contribution in [0.15, 0.2) is 58.5 Å². The van der Waals surface area contributed by atoms with E-state index < -0.39 is 0 Å². The zero-order valence-corrected chi connectivity index (χ0v) is 25.9. The third kappa shape index (κ3) is 7.70. The van der Waals surface area contributed by atoms with Crippen LogP contribution in [0.3, 0.4) is 0 Å². The number of carbonyl (C=O) groups is 1. The second-order valence-corrected chi connectivity index (χ2v) is 13.1. The van der Waals surface area contributed by atoms with Crippen LogP contribution in [-0.4, -0.2) is 52.3 Å². The van der Waals surface area contributed by atoms with Crippen LogP contribution in [0, 0.1) is 6.92 Å². The summed E-state index contributed by atoms with van der Waals surface area (Å²) < 4.78 is 1.67. The molecule has 1 fully saturated rings. The van der Waals surface area contributed by atoms with E-state index in [4.69, 9.17) is 16.6 Å². The van der Waals surface area contributed by atoms with E-state index in [2.05, 4.69) is 56.0 Å². The van der Waals surface area contributed by atoms with Crippen molar-refractivity contribution in [3.63, 3.8) is 0 Å². The van der Waals surface area contributed by atoms with E-state index in [9.17, 15) is 9.59 Å². The van der Waals surface area contributed by atoms with Gasteiger partial charge in [-0.05, 0) is 54.5 Å². The molecule has 4 rings (SSSR count). The SMILES string of the molecule is Cc1nc(SCCCCC(=O)N2CCN(c3cccc(Cl)c3)CC2)n(C)c(=O)c1Cc1ccc(C(C)(C)C)cc1. The van der Waals surface area contributed by atoms with E-state index in [-0.39, 0.29) is 16.9 Å². The minimum atomic E-state index is 0.0157. The number of nitrogens with zero attached hydrogens (tertiary/aromatic N) is 4. The minimum Gasteiger partial charge on any atom is -0.368 e. The predicted molar refractivity (Wildman–Crippen MR) is 167 cm³/mol. The molecule has 6 nitrogen and oxygen atoms in total. The van der Waals surface area contributed by atoms with Crippen LogP contribution in [0.5, 0.6) is 0 Å². The maximum absolute atomic E-state index is 13.2. The van der Waals surface area contributed by atoms with E-state index in [1.807, 2.05) is 30.0 Å². The molecular formula is C32H41ClN4O2S. The van der Waals surface area contributed by atoms with Crippen LogP contribution >= 0.6 is 23.4 Å². The maximum atomic E-state index is 13.2. The van der Waals surface area contributed by atoms with E-state index in [0.29, 0.717) is 12.8 Å². The van der Waals surface area contributed by atoms with Crippen LogP contribution < -0.4 is 10.5 Å². The molecule has 8 heteroatoms. The van der Waals surface area contributed by atoms with E-state index in [1.165, 1.54) is 5.56 Å². The molecule has 0 aliphatic carbocycles. The fourth-order valence-corrected chi connectivity index (χ4v) is 6.17. The molecule has 2 heterocycles. The molecule has 0 radical (unpaired) electrons. The zero-order valence-electron chi connectivity index (χ0n) is 24.4. The number of thioether (sulfide) groups is 1. The van der Waals surface area contributed by atoms with Crippen molar-refractivity contribution in [1.29, 1.82) is 0 Å². The number of piperazine rings is 1. The lowest BCUT2D eigenvalue weighted by Crippen LogP contribution is -2.48. The average Bonchev–Trinajstić information content (AvgIpc) is 2.93. The number of benzene rings is 2. The van der Waals surface area contributed by atoms with Crippen molar-refractivity contribution < 1.29 is 4.79 Å². The summed E-state index contributed by atoms with van der Waals surface area (Å²) in [5.74, 6) is 1.04. The molecule has 2 aromatic carbocycles. The van der Waals surface area contributed by atoms with Gasteiger partial charge >= 0.3 is 0 Å². The summed E-state index contributed by atoms with van der Waals surface area (Å²) in [4.78, 5) is 34.9. The monoisotopic (exact) mass is 580 g/mol. The van der Waals surface area contributed by atoms with Gasteiger partial charge in [-0.15, -0.1) is 0 Å². The first-order valence-corrected chi connectivity index (χ1v) is 15.5. The van der Waals surface area contributed by atoms with Gasteiger partial charge in [0.1, 0.15) is 0 Å². The number of rotatable bonds is 9. The smallest absolute Gasteiger partial charge is 0.257 e. The molecule has 1 saturated heterocycles. The Morgan fingerprint density at radius 2 is 1.73 bits per heavy atom. The highest BCUT2D eigenvalue weighted by Gasteiger charge is 2.21. The van der Waals surface area contributed by atoms with Gasteiger partial charge in [0.05, 0.1) is 0 Å². The summed E-state index contributed by atoms with van der Waals surface area (Å²) in [5, 5.41) is 1.47. The predicted octanol–water partition coefficient (Wildman–Crippen LogP) is 6.24. The number of amides is 1. The van der Waals surface area contributed by atoms with Gasteiger partial charge in [0.2, 0.25) is 5.91 Å². The van der Waals surface area contributed by atoms with Crippen molar-refractivity contribution in [2.75, 3.05) is 36.8 Å². The van der Waals surface area contributed by atoms with Crippen molar-refractivity contribution in [1.82, 2.24) is 14.5 Å². The molecular weight excluding hydrogens is 540 g/mol. The highest BCUT2D eigenvalue weighted by atomic mass is 35.5. The first kappa shape index (κ1) is 30.2. The van der Waals surface area contributed by atoms with Gasteiger partial charge in [-0.3, -0.25) is 14.2 Å². The number of hydrogen-bond donors (Lipinski definition) is 0. The average molecular weight is 581 g/mol. The summed E-state index contributed by atoms with van der Waals surface area (Å²) in [6.07, 6.45) is 2.86. The highest BCUT2D eigenvalue weighted by Crippen LogP contribution is 2.24. The van der Waals surface area contributed by atoms with Gasteiger partial charge in [-0.2, -0.15) is 0 Å². The number of carbonyl (C=O) groups excluding carboxylic acids is 1. The highest BCUT2D eigenvalue weighted by molar-refractivity contribution is 7.99. The second kappa shape index (κ2) is 13.3. The second-order valence-electron chi connectivity index (χ2n) is 11.6. The molecule has 0 unspecified atom stereocenters. The Morgan fingerprint density at radius 1 is 1.02 bits per heavy atom. The molecule has 0 bridgehead atoms. The van der Waals surface area contributed by atoms with Crippen LogP contribution in [0.4, 0.5) is 5.69 Å². The van der Waals surface area contributed by atoms with Gasteiger partial charge in [-0.25, -0.2) is 4.98 Å². The van der Waals surface area contributed by atoms with E-state index in [0.717, 1.165) is 77.5 Å². The molecule has 1 amide bonds. The van der Waals surface area contributed by atoms with Crippen molar-refractivity contribution >= 4 is 35.0 Å². The Labute approximate surface area is 247 Å². The largest absolute Gasteiger partial charge is 0.368 e. The summed E-state index contributed by atoms with van der Waals surface area (Å²) in [5.41, 5.74) is 5.16. The third-order valence-electron chi connectivity index (χ3n) is 7.57. The standard InChI is InChI=1S/C32H41ClN4O2S/c1-23-28(21-24-12-14-25(15-13-24)32(2,3)4)30(39)35(5)31(34-23)40-20-7-6-11-29(38)37-18-16-36(17-19-37)27-10-8-9-26(33)22-27/h8-10,12-15,22H,6-7,11,16-21H2,1-5H3. The number of hydrogen-bond acceptors (Lipinski definition) is 5. The molecule has 0 atom stereocenters. The zero-order chi connectivity index (χ0) is 28.9. The number of unbranched alkanes of at least 4 members (excludes halogenated alkanes) is 1. The molecule has 0 spiro atoms. The topological polar surface area (TPSA) is 58.4 Å². The number of anilines is 1. The van der Waals surface area contributed by atoms with Crippen LogP contribution in [-0.2, 0) is 23.7 Å². The number of aromatic nitrogens is 2. The van der Waals surface area contributed by atoms with Crippen molar-refractivity contribution in [3.05, 3.63) is 86.3 Å². The summed E-state index contributed by atoms with van der Waals surface area (Å²) in [7, 11) is 1.80. The molecule has 0 saturated carbocycles. The van der Waals surface area contributed by atoms with Gasteiger partial charge in [0, 0.05) is 73.8 Å². The van der Waals surface area contributed by atoms with Gasteiger partial charge in [0.25, 0.3) is 5.56 Å². The van der Waals surface area contributed by atoms with Crippen LogP contribution in [0.2, 0.25) is 5.02 Å². The third-order valence-corrected chi connectivity index (χ3v) is 8.92. The first-order chi connectivity index (χ1) is 19.0. The van der Waals surface area contributed by atoms with Crippen LogP contribution in [0.25, 0.3) is 0 Å². The van der Waals surface area contributed by atoms with Gasteiger partial charge in [0.15, 0.2) is 5.16 Å². The number of halogens is 1. The summed E-state index contributed by atoms with van der Waals surface area (Å²) >= 11 is 7.72. The normalized spacial score (nSPS) is 14.1. The van der Waals surface area contributed by atoms with E-state index >= 15 is 0 Å². The maximum Gasteiger partial charge on any atom is 0.257 e. The molecule has 214 valence electrons. The Balaban J connectivity index is 1.23. The van der Waals surface area contributed by atoms with E-state index in [1.54, 1.807) is 23.4 Å². The molecule has 3 aromatic rings. The fraction of sp³-hybridized carbons (Fsp3) is 0.469.